The van der Waals surface area contributed by atoms with Crippen molar-refractivity contribution >= 4 is 0 Å². The van der Waals surface area contributed by atoms with Gasteiger partial charge in [-0.3, -0.25) is 0 Å². The Morgan fingerprint density at radius 1 is 0.500 bits per heavy atom. The third-order valence-electron chi connectivity index (χ3n) is 2.76. The molecule has 18 heavy (non-hydrogen) atoms. The number of fused-ring (bicyclic) bond motifs is 1. The average Bonchev–Trinajstić information content (AvgIpc) is 2.35. The molecule has 1 aromatic rings. The summed E-state index contributed by atoms with van der Waals surface area (Å²) in [6.07, 6.45) is -12.4. The zero-order valence-electron chi connectivity index (χ0n) is 8.33. The van der Waals surface area contributed by atoms with Gasteiger partial charge in [-0.1, -0.05) is 0 Å². The Morgan fingerprint density at radius 2 is 0.778 bits per heavy atom. The summed E-state index contributed by atoms with van der Waals surface area (Å²) in [5, 5.41) is 0. The Kier molecular flexibility index (Phi) is 2.98. The van der Waals surface area contributed by atoms with E-state index in [4.69, 9.17) is 0 Å². The van der Waals surface area contributed by atoms with Crippen LogP contribution in [0.25, 0.3) is 0 Å². The molecule has 100 valence electrons. The van der Waals surface area contributed by atoms with E-state index in [9.17, 15) is 35.1 Å². The average molecular weight is 276 g/mol. The number of benzene rings is 1. The normalized spacial score (nSPS) is 31.3. The van der Waals surface area contributed by atoms with Crippen molar-refractivity contribution < 1.29 is 35.1 Å². The maximum absolute atomic E-state index is 13.3. The maximum Gasteiger partial charge on any atom is 0.197 e. The van der Waals surface area contributed by atoms with Crippen molar-refractivity contribution in [3.05, 3.63) is 34.4 Å². The molecule has 0 spiro atoms. The first-order valence-corrected chi connectivity index (χ1v) is 4.71. The van der Waals surface area contributed by atoms with Gasteiger partial charge < -0.3 is 0 Å². The van der Waals surface area contributed by atoms with E-state index in [0.29, 0.717) is 0 Å². The molecule has 0 heterocycles. The van der Waals surface area contributed by atoms with Gasteiger partial charge in [0.25, 0.3) is 0 Å². The molecule has 2 rings (SSSR count). The predicted octanol–water partition coefficient (Wildman–Crippen LogP) is 3.95. The summed E-state index contributed by atoms with van der Waals surface area (Å²) in [5.41, 5.74) is -3.30. The van der Waals surface area contributed by atoms with Gasteiger partial charge in [-0.15, -0.1) is 0 Å². The second-order valence-electron chi connectivity index (χ2n) is 3.78. The summed E-state index contributed by atoms with van der Waals surface area (Å²) in [7, 11) is 0. The van der Waals surface area contributed by atoms with Crippen LogP contribution in [0, 0.1) is 23.3 Å². The van der Waals surface area contributed by atoms with Crippen LogP contribution in [-0.2, 0) is 0 Å². The summed E-state index contributed by atoms with van der Waals surface area (Å²) < 4.78 is 104. The van der Waals surface area contributed by atoms with Gasteiger partial charge in [0.05, 0.1) is 0 Å². The number of rotatable bonds is 0. The summed E-state index contributed by atoms with van der Waals surface area (Å²) >= 11 is 0. The molecule has 0 bridgehead atoms. The lowest BCUT2D eigenvalue weighted by atomic mass is 9.85. The Balaban J connectivity index is 2.80. The lowest BCUT2D eigenvalue weighted by molar-refractivity contribution is 0.0106. The van der Waals surface area contributed by atoms with Crippen molar-refractivity contribution in [1.82, 2.24) is 0 Å². The van der Waals surface area contributed by atoms with Crippen molar-refractivity contribution in [3.8, 4) is 0 Å². The van der Waals surface area contributed by atoms with Gasteiger partial charge in [-0.05, 0) is 0 Å². The molecule has 0 saturated carbocycles. The fourth-order valence-electron chi connectivity index (χ4n) is 1.85. The molecular weight excluding hydrogens is 272 g/mol. The molecule has 8 heteroatoms. The van der Waals surface area contributed by atoms with Gasteiger partial charge in [-0.25, -0.2) is 35.1 Å². The third kappa shape index (κ3) is 1.50. The Hall–Kier alpha value is -1.34. The van der Waals surface area contributed by atoms with Crippen LogP contribution in [-0.4, -0.2) is 12.3 Å². The molecule has 0 amide bonds. The fraction of sp³-hybridized carbons (Fsp3) is 0.400. The smallest absolute Gasteiger partial charge is 0.197 e. The van der Waals surface area contributed by atoms with E-state index in [1.807, 2.05) is 0 Å². The quantitative estimate of drug-likeness (QED) is 0.382. The molecule has 0 saturated heterocycles. The van der Waals surface area contributed by atoms with Crippen LogP contribution in [0.4, 0.5) is 35.1 Å². The second-order valence-corrected chi connectivity index (χ2v) is 3.78. The van der Waals surface area contributed by atoms with Crippen molar-refractivity contribution in [2.24, 2.45) is 0 Å². The minimum absolute atomic E-state index is 1.65. The predicted molar refractivity (Wildman–Crippen MR) is 43.8 cm³/mol. The lowest BCUT2D eigenvalue weighted by Crippen LogP contribution is -2.35. The van der Waals surface area contributed by atoms with Gasteiger partial charge in [0.1, 0.15) is 0 Å². The SMILES string of the molecule is Fc1c(F)c(F)c2c(c1F)C(F)C(F)C(F)C2F. The van der Waals surface area contributed by atoms with E-state index in [1.165, 1.54) is 0 Å². The number of hydrogen-bond donors (Lipinski definition) is 0. The van der Waals surface area contributed by atoms with Gasteiger partial charge in [0.15, 0.2) is 48.0 Å². The first-order chi connectivity index (χ1) is 8.29. The lowest BCUT2D eigenvalue weighted by Gasteiger charge is -2.29. The van der Waals surface area contributed by atoms with E-state index in [2.05, 4.69) is 0 Å². The first kappa shape index (κ1) is 13.1. The summed E-state index contributed by atoms with van der Waals surface area (Å²) in [6, 6.07) is 0. The van der Waals surface area contributed by atoms with Crippen LogP contribution in [0.1, 0.15) is 23.5 Å². The van der Waals surface area contributed by atoms with E-state index < -0.39 is 59.1 Å². The van der Waals surface area contributed by atoms with E-state index in [-0.39, 0.29) is 0 Å². The molecule has 0 N–H and O–H groups in total. The Labute approximate surface area is 95.2 Å². The summed E-state index contributed by atoms with van der Waals surface area (Å²) in [5.74, 6) is -9.31. The van der Waals surface area contributed by atoms with Crippen LogP contribution in [0.2, 0.25) is 0 Å². The van der Waals surface area contributed by atoms with Crippen LogP contribution >= 0.6 is 0 Å². The van der Waals surface area contributed by atoms with Gasteiger partial charge in [0, 0.05) is 11.1 Å². The summed E-state index contributed by atoms with van der Waals surface area (Å²) in [4.78, 5) is 0. The molecule has 0 aromatic heterocycles. The maximum atomic E-state index is 13.3. The van der Waals surface area contributed by atoms with Crippen LogP contribution in [0.5, 0.6) is 0 Å². The monoisotopic (exact) mass is 276 g/mol. The zero-order valence-corrected chi connectivity index (χ0v) is 8.33. The van der Waals surface area contributed by atoms with E-state index in [1.54, 1.807) is 0 Å². The van der Waals surface area contributed by atoms with Crippen LogP contribution in [0.3, 0.4) is 0 Å². The number of alkyl halides is 4. The van der Waals surface area contributed by atoms with Gasteiger partial charge in [0.2, 0.25) is 0 Å². The van der Waals surface area contributed by atoms with Crippen LogP contribution in [0.15, 0.2) is 0 Å². The molecular formula is C10H4F8. The fourth-order valence-corrected chi connectivity index (χ4v) is 1.85. The van der Waals surface area contributed by atoms with Crippen molar-refractivity contribution in [1.29, 1.82) is 0 Å². The standard InChI is InChI=1S/C10H4F8/c11-3-1-2(5(13)9(17)7(3)15)6(14)10(18)8(16)4(1)12/h3,5,7,9H. The molecule has 1 aliphatic carbocycles. The zero-order chi connectivity index (χ0) is 13.8. The molecule has 4 unspecified atom stereocenters. The largest absolute Gasteiger partial charge is 0.241 e. The van der Waals surface area contributed by atoms with Crippen molar-refractivity contribution in [2.75, 3.05) is 0 Å². The van der Waals surface area contributed by atoms with E-state index in [0.717, 1.165) is 0 Å². The second kappa shape index (κ2) is 4.10. The molecule has 0 fully saturated rings. The van der Waals surface area contributed by atoms with Crippen molar-refractivity contribution in [2.45, 2.75) is 24.7 Å². The highest BCUT2D eigenvalue weighted by Gasteiger charge is 2.49. The van der Waals surface area contributed by atoms with Gasteiger partial charge in [-0.2, -0.15) is 0 Å². The Bertz CT molecular complexity index is 454. The minimum atomic E-state index is -3.12. The number of halogens is 8. The third-order valence-corrected chi connectivity index (χ3v) is 2.76. The molecule has 1 aliphatic rings. The van der Waals surface area contributed by atoms with Gasteiger partial charge >= 0.3 is 0 Å². The highest BCUT2D eigenvalue weighted by Crippen LogP contribution is 2.46. The molecule has 0 radical (unpaired) electrons. The topological polar surface area (TPSA) is 0 Å². The number of hydrogen-bond acceptors (Lipinski definition) is 0. The summed E-state index contributed by atoms with van der Waals surface area (Å²) in [6.45, 7) is 0. The van der Waals surface area contributed by atoms with Crippen LogP contribution < -0.4 is 0 Å². The highest BCUT2D eigenvalue weighted by atomic mass is 19.2. The first-order valence-electron chi connectivity index (χ1n) is 4.71. The van der Waals surface area contributed by atoms with Crippen molar-refractivity contribution in [3.63, 3.8) is 0 Å². The minimum Gasteiger partial charge on any atom is -0.241 e. The molecule has 0 aliphatic heterocycles. The molecule has 4 atom stereocenters. The molecule has 1 aromatic carbocycles. The molecule has 0 nitrogen and oxygen atoms in total. The Morgan fingerprint density at radius 3 is 1.06 bits per heavy atom. The highest BCUT2D eigenvalue weighted by molar-refractivity contribution is 5.39. The van der Waals surface area contributed by atoms with E-state index >= 15 is 0 Å².